The number of fused-ring (bicyclic) bond motifs is 19. The van der Waals surface area contributed by atoms with E-state index in [9.17, 15) is 0 Å². The summed E-state index contributed by atoms with van der Waals surface area (Å²) in [6, 6.07) is 83.1. The Morgan fingerprint density at radius 2 is 0.886 bits per heavy atom. The van der Waals surface area contributed by atoms with Crippen molar-refractivity contribution in [2.24, 2.45) is 0 Å². The smallest absolute Gasteiger partial charge is 0.145 e. The van der Waals surface area contributed by atoms with Crippen LogP contribution in [0.5, 0.6) is 0 Å². The molecule has 0 saturated carbocycles. The Morgan fingerprint density at radius 3 is 1.46 bits per heavy atom. The summed E-state index contributed by atoms with van der Waals surface area (Å²) in [6.45, 7) is 23.2. The van der Waals surface area contributed by atoms with Gasteiger partial charge < -0.3 is 14.2 Å². The lowest BCUT2D eigenvalue weighted by molar-refractivity contribution is 0.590. The number of rotatable bonds is 7. The van der Waals surface area contributed by atoms with Crippen molar-refractivity contribution < 1.29 is 4.42 Å². The molecule has 2 aliphatic carbocycles. The zero-order valence-electron chi connectivity index (χ0n) is 47.1. The molecule has 14 rings (SSSR count). The normalized spacial score (nSPS) is 13.5. The van der Waals surface area contributed by atoms with Gasteiger partial charge in [0, 0.05) is 39.4 Å². The summed E-state index contributed by atoms with van der Waals surface area (Å²) in [6.07, 6.45) is 0. The molecule has 4 heteroatoms. The molecule has 3 nitrogen and oxygen atoms in total. The molecule has 0 N–H and O–H groups in total. The summed E-state index contributed by atoms with van der Waals surface area (Å²) in [5, 5.41) is 8.51. The topological polar surface area (TPSA) is 19.6 Å². The van der Waals surface area contributed by atoms with Crippen LogP contribution < -0.4 is 15.0 Å². The molecule has 0 aliphatic heterocycles. The van der Waals surface area contributed by atoms with Gasteiger partial charge in [-0.25, -0.2) is 0 Å². The molecule has 0 unspecified atom stereocenters. The first kappa shape index (κ1) is 48.9. The molecule has 0 fully saturated rings. The van der Waals surface area contributed by atoms with Gasteiger partial charge in [-0.05, 0) is 162 Å². The van der Waals surface area contributed by atoms with E-state index in [1.165, 1.54) is 82.4 Å². The maximum atomic E-state index is 7.54. The first-order chi connectivity index (χ1) is 38.0. The van der Waals surface area contributed by atoms with Crippen LogP contribution in [0, 0.1) is 6.92 Å². The highest BCUT2D eigenvalue weighted by Crippen LogP contribution is 2.68. The van der Waals surface area contributed by atoms with Gasteiger partial charge in [-0.3, -0.25) is 0 Å². The fraction of sp³-hybridized carbons (Fsp3) is 0.173. The zero-order chi connectivity index (χ0) is 54.3. The molecule has 386 valence electrons. The largest absolute Gasteiger partial charge is 0.455 e. The van der Waals surface area contributed by atoms with Crippen LogP contribution in [0.4, 0.5) is 34.1 Å². The van der Waals surface area contributed by atoms with E-state index in [-0.39, 0.29) is 10.8 Å². The molecule has 2 aliphatic rings. The lowest BCUT2D eigenvalue weighted by Gasteiger charge is -2.34. The number of hydrogen-bond acceptors (Lipinski definition) is 3. The van der Waals surface area contributed by atoms with E-state index in [2.05, 4.69) is 296 Å². The second-order valence-corrected chi connectivity index (χ2v) is 30.5. The zero-order valence-corrected chi connectivity index (χ0v) is 48.1. The second kappa shape index (κ2) is 17.5. The summed E-state index contributed by atoms with van der Waals surface area (Å²) in [4.78, 5) is 4.95. The predicted molar refractivity (Wildman–Crippen MR) is 340 cm³/mol. The van der Waals surface area contributed by atoms with Crippen molar-refractivity contribution in [1.82, 2.24) is 0 Å². The number of hydrogen-bond donors (Lipinski definition) is 0. The number of furan rings is 1. The maximum absolute atomic E-state index is 7.54. The number of aryl methyl sites for hydroxylation is 1. The van der Waals surface area contributed by atoms with Crippen molar-refractivity contribution in [3.05, 3.63) is 257 Å². The average molecular weight is 1040 g/mol. The molecule has 1 spiro atoms. The Hall–Kier alpha value is -8.44. The van der Waals surface area contributed by atoms with Crippen molar-refractivity contribution in [1.29, 1.82) is 0 Å². The molecule has 0 saturated heterocycles. The van der Waals surface area contributed by atoms with Gasteiger partial charge in [-0.2, -0.15) is 0 Å². The summed E-state index contributed by atoms with van der Waals surface area (Å²) in [5.41, 5.74) is 21.6. The molecule has 0 radical (unpaired) electrons. The number of benzene rings is 11. The highest BCUT2D eigenvalue weighted by Gasteiger charge is 2.54. The van der Waals surface area contributed by atoms with Crippen LogP contribution in [0.2, 0.25) is 19.6 Å². The third-order valence-corrected chi connectivity index (χ3v) is 19.5. The maximum Gasteiger partial charge on any atom is 0.145 e. The van der Waals surface area contributed by atoms with E-state index in [1.807, 2.05) is 0 Å². The minimum atomic E-state index is -1.62. The number of para-hydroxylation sites is 1. The molecule has 1 aromatic heterocycles. The minimum Gasteiger partial charge on any atom is -0.455 e. The van der Waals surface area contributed by atoms with E-state index in [1.54, 1.807) is 0 Å². The first-order valence-electron chi connectivity index (χ1n) is 28.2. The Balaban J connectivity index is 1.12. The Labute approximate surface area is 466 Å². The summed E-state index contributed by atoms with van der Waals surface area (Å²) in [7, 11) is -1.62. The molecule has 0 bridgehead atoms. The van der Waals surface area contributed by atoms with Crippen molar-refractivity contribution in [3.63, 3.8) is 0 Å². The molecule has 1 heterocycles. The second-order valence-electron chi connectivity index (χ2n) is 25.4. The monoisotopic (exact) mass is 1040 g/mol. The Bertz CT molecular complexity index is 4310. The van der Waals surface area contributed by atoms with E-state index in [0.717, 1.165) is 61.6 Å². The van der Waals surface area contributed by atoms with Gasteiger partial charge in [0.15, 0.2) is 0 Å². The SMILES string of the molecule is Cc1ccc(N(c2ccc(C(C)(C)C)cc2)c2ccc3c4c(c5ccccc5c3c2)-c2c(cc(N(c3ccc(C(C)(C)C)cc3)c3ccc([Si](C)(C)C)cc3)c3c2oc2ccccc23)C42c3ccccc3-c3ccccc32)cc1. The van der Waals surface area contributed by atoms with Crippen LogP contribution in [-0.2, 0) is 16.2 Å². The van der Waals surface area contributed by atoms with Crippen LogP contribution in [0.3, 0.4) is 0 Å². The average Bonchev–Trinajstić information content (AvgIpc) is 2.47. The van der Waals surface area contributed by atoms with Gasteiger partial charge in [0.1, 0.15) is 11.2 Å². The van der Waals surface area contributed by atoms with Gasteiger partial charge in [0.25, 0.3) is 0 Å². The summed E-state index contributed by atoms with van der Waals surface area (Å²) >= 11 is 0. The quantitative estimate of drug-likeness (QED) is 0.117. The molecule has 0 amide bonds. The van der Waals surface area contributed by atoms with E-state index >= 15 is 0 Å². The van der Waals surface area contributed by atoms with Crippen molar-refractivity contribution in [2.75, 3.05) is 9.80 Å². The third-order valence-electron chi connectivity index (χ3n) is 17.4. The molecule has 79 heavy (non-hydrogen) atoms. The van der Waals surface area contributed by atoms with Gasteiger partial charge in [-0.1, -0.05) is 218 Å². The Kier molecular flexibility index (Phi) is 10.9. The minimum absolute atomic E-state index is 0.00563. The van der Waals surface area contributed by atoms with Crippen molar-refractivity contribution in [2.45, 2.75) is 84.4 Å². The van der Waals surface area contributed by atoms with Crippen molar-refractivity contribution >= 4 is 90.9 Å². The molecule has 12 aromatic rings. The van der Waals surface area contributed by atoms with E-state index in [0.29, 0.717) is 0 Å². The number of nitrogens with zero attached hydrogens (tertiary/aromatic N) is 2. The Morgan fingerprint density at radius 1 is 0.405 bits per heavy atom. The summed E-state index contributed by atoms with van der Waals surface area (Å²) < 4.78 is 7.54. The van der Waals surface area contributed by atoms with Gasteiger partial charge in [-0.15, -0.1) is 0 Å². The van der Waals surface area contributed by atoms with Crippen LogP contribution in [0.15, 0.2) is 223 Å². The molecule has 11 aromatic carbocycles. The molecular formula is C75H66N2OSi. The van der Waals surface area contributed by atoms with E-state index < -0.39 is 13.5 Å². The number of anilines is 6. The van der Waals surface area contributed by atoms with E-state index in [4.69, 9.17) is 4.42 Å². The standard InChI is InChI=1S/C75H66N2OSi/c1-47-27-33-50(34-28-47)76(51-35-29-48(30-36-51)73(2,3)4)54-41-44-60-62(45-54)56-19-11-12-22-59(56)69-70-65(75(71(60)69)63-24-16-13-20-57(63)58-21-14-17-25-64(58)75)46-66(68-61-23-15-18-26-67(61)78-72(68)70)77(52-37-31-49(32-38-52)74(5,6)7)53-39-42-55(43-40-53)79(8,9)10/h11-46H,1-10H3. The molecular weight excluding hydrogens is 973 g/mol. The summed E-state index contributed by atoms with van der Waals surface area (Å²) in [5.74, 6) is 0. The fourth-order valence-electron chi connectivity index (χ4n) is 13.4. The van der Waals surface area contributed by atoms with Crippen molar-refractivity contribution in [3.8, 4) is 22.3 Å². The molecule has 0 atom stereocenters. The fourth-order valence-corrected chi connectivity index (χ4v) is 14.6. The first-order valence-corrected chi connectivity index (χ1v) is 31.7. The van der Waals surface area contributed by atoms with Crippen LogP contribution in [-0.4, -0.2) is 8.07 Å². The lowest BCUT2D eigenvalue weighted by atomic mass is 9.69. The van der Waals surface area contributed by atoms with Gasteiger partial charge >= 0.3 is 0 Å². The van der Waals surface area contributed by atoms with Crippen LogP contribution in [0.1, 0.15) is 80.5 Å². The lowest BCUT2D eigenvalue weighted by Crippen LogP contribution is -2.37. The van der Waals surface area contributed by atoms with Crippen LogP contribution in [0.25, 0.3) is 65.7 Å². The highest BCUT2D eigenvalue weighted by molar-refractivity contribution is 6.88. The third kappa shape index (κ3) is 7.44. The van der Waals surface area contributed by atoms with Gasteiger partial charge in [0.2, 0.25) is 0 Å². The van der Waals surface area contributed by atoms with Gasteiger partial charge in [0.05, 0.1) is 24.6 Å². The highest BCUT2D eigenvalue weighted by atomic mass is 28.3. The van der Waals surface area contributed by atoms with Crippen LogP contribution >= 0.6 is 0 Å². The predicted octanol–water partition coefficient (Wildman–Crippen LogP) is 20.6.